The lowest BCUT2D eigenvalue weighted by Crippen LogP contribution is -2.44. The molecule has 82 valence electrons. The van der Waals surface area contributed by atoms with Crippen molar-refractivity contribution in [2.75, 3.05) is 6.61 Å². The van der Waals surface area contributed by atoms with Crippen molar-refractivity contribution in [2.24, 2.45) is 0 Å². The number of hydrogen-bond acceptors (Lipinski definition) is 4. The van der Waals surface area contributed by atoms with E-state index in [2.05, 4.69) is 6.92 Å². The maximum absolute atomic E-state index is 9.57. The Kier molecular flexibility index (Phi) is 3.07. The number of rotatable bonds is 4. The van der Waals surface area contributed by atoms with Crippen molar-refractivity contribution in [1.29, 1.82) is 0 Å². The van der Waals surface area contributed by atoms with Gasteiger partial charge in [-0.15, -0.1) is 0 Å². The first kappa shape index (κ1) is 10.4. The molecule has 0 aliphatic carbocycles. The Labute approximate surface area is 84.1 Å². The van der Waals surface area contributed by atoms with E-state index < -0.39 is 6.10 Å². The van der Waals surface area contributed by atoms with Crippen LogP contribution in [0.15, 0.2) is 0 Å². The number of hydrogen-bond donors (Lipinski definition) is 1. The zero-order chi connectivity index (χ0) is 10.1. The summed E-state index contributed by atoms with van der Waals surface area (Å²) in [6, 6.07) is 0. The summed E-state index contributed by atoms with van der Waals surface area (Å²) in [4.78, 5) is 0. The largest absolute Gasteiger partial charge is 0.388 e. The number of unbranched alkanes of at least 4 members (excludes halogenated alkanes) is 1. The van der Waals surface area contributed by atoms with Crippen LogP contribution in [0.3, 0.4) is 0 Å². The van der Waals surface area contributed by atoms with Gasteiger partial charge in [-0.3, -0.25) is 0 Å². The third-order valence-electron chi connectivity index (χ3n) is 2.78. The molecule has 0 amide bonds. The number of aliphatic hydroxyl groups is 1. The molecule has 5 atom stereocenters. The highest BCUT2D eigenvalue weighted by molar-refractivity contribution is 4.99. The summed E-state index contributed by atoms with van der Waals surface area (Å²) in [6.45, 7) is 4.67. The second-order valence-corrected chi connectivity index (χ2v) is 3.99. The van der Waals surface area contributed by atoms with Gasteiger partial charge in [0.05, 0.1) is 6.10 Å². The molecule has 0 spiro atoms. The number of ether oxygens (including phenoxy) is 3. The standard InChI is InChI=1S/C10H18O4/c1-3-4-5-12-10-9-8(14-9)7(11)6(2)13-10/h6-11H,3-5H2,1-2H3/t6-,7-,8-,9?,10+/m1/s1. The van der Waals surface area contributed by atoms with E-state index in [4.69, 9.17) is 14.2 Å². The van der Waals surface area contributed by atoms with Gasteiger partial charge in [0.1, 0.15) is 18.3 Å². The minimum atomic E-state index is -0.494. The molecule has 0 saturated carbocycles. The Morgan fingerprint density at radius 1 is 1.29 bits per heavy atom. The fourth-order valence-electron chi connectivity index (χ4n) is 1.74. The van der Waals surface area contributed by atoms with Crippen LogP contribution in [-0.4, -0.2) is 42.4 Å². The van der Waals surface area contributed by atoms with Gasteiger partial charge < -0.3 is 19.3 Å². The van der Waals surface area contributed by atoms with Gasteiger partial charge in [-0.25, -0.2) is 0 Å². The summed E-state index contributed by atoms with van der Waals surface area (Å²) in [6.07, 6.45) is 1.08. The molecule has 2 heterocycles. The second-order valence-electron chi connectivity index (χ2n) is 3.99. The molecule has 1 unspecified atom stereocenters. The third kappa shape index (κ3) is 1.93. The SMILES string of the molecule is CCCCO[C@H]1O[C@H](C)[C@@H](O)[C@H]2OC12. The normalized spacial score (nSPS) is 46.1. The van der Waals surface area contributed by atoms with E-state index in [9.17, 15) is 5.11 Å². The highest BCUT2D eigenvalue weighted by atomic mass is 16.7. The van der Waals surface area contributed by atoms with Gasteiger partial charge in [0.25, 0.3) is 0 Å². The summed E-state index contributed by atoms with van der Waals surface area (Å²) in [5, 5.41) is 9.57. The van der Waals surface area contributed by atoms with Crippen molar-refractivity contribution >= 4 is 0 Å². The van der Waals surface area contributed by atoms with Gasteiger partial charge in [-0.2, -0.15) is 0 Å². The van der Waals surface area contributed by atoms with Crippen molar-refractivity contribution in [3.05, 3.63) is 0 Å². The maximum Gasteiger partial charge on any atom is 0.186 e. The molecule has 0 bridgehead atoms. The van der Waals surface area contributed by atoms with Crippen LogP contribution < -0.4 is 0 Å². The fraction of sp³-hybridized carbons (Fsp3) is 1.00. The lowest BCUT2D eigenvalue weighted by atomic mass is 10.1. The molecule has 0 aromatic heterocycles. The minimum absolute atomic E-state index is 0.0435. The lowest BCUT2D eigenvalue weighted by molar-refractivity contribution is -0.206. The highest BCUT2D eigenvalue weighted by Crippen LogP contribution is 2.37. The summed E-state index contributed by atoms with van der Waals surface area (Å²) in [7, 11) is 0. The summed E-state index contributed by atoms with van der Waals surface area (Å²) < 4.78 is 16.3. The Hall–Kier alpha value is -0.160. The maximum atomic E-state index is 9.57. The number of fused-ring (bicyclic) bond motifs is 1. The Morgan fingerprint density at radius 2 is 2.07 bits per heavy atom. The molecule has 1 N–H and O–H groups in total. The van der Waals surface area contributed by atoms with Crippen molar-refractivity contribution in [1.82, 2.24) is 0 Å². The average molecular weight is 202 g/mol. The van der Waals surface area contributed by atoms with E-state index in [0.29, 0.717) is 6.61 Å². The molecule has 0 radical (unpaired) electrons. The lowest BCUT2D eigenvalue weighted by Gasteiger charge is -2.28. The van der Waals surface area contributed by atoms with Crippen LogP contribution in [0.5, 0.6) is 0 Å². The van der Waals surface area contributed by atoms with Crippen LogP contribution in [0.2, 0.25) is 0 Å². The molecular formula is C10H18O4. The van der Waals surface area contributed by atoms with Gasteiger partial charge in [-0.1, -0.05) is 13.3 Å². The summed E-state index contributed by atoms with van der Waals surface area (Å²) in [5.41, 5.74) is 0. The average Bonchev–Trinajstić information content (AvgIpc) is 2.93. The quantitative estimate of drug-likeness (QED) is 0.538. The molecule has 2 aliphatic rings. The monoisotopic (exact) mass is 202 g/mol. The van der Waals surface area contributed by atoms with Crippen molar-refractivity contribution in [3.63, 3.8) is 0 Å². The first-order chi connectivity index (χ1) is 6.74. The molecule has 2 fully saturated rings. The molecule has 2 aliphatic heterocycles. The smallest absolute Gasteiger partial charge is 0.186 e. The summed E-state index contributed by atoms with van der Waals surface area (Å²) in [5.74, 6) is 0. The van der Waals surface area contributed by atoms with Crippen molar-refractivity contribution < 1.29 is 19.3 Å². The van der Waals surface area contributed by atoms with Crippen LogP contribution in [-0.2, 0) is 14.2 Å². The van der Waals surface area contributed by atoms with E-state index in [1.165, 1.54) is 0 Å². The zero-order valence-electron chi connectivity index (χ0n) is 8.68. The minimum Gasteiger partial charge on any atom is -0.388 e. The first-order valence-corrected chi connectivity index (χ1v) is 5.34. The van der Waals surface area contributed by atoms with Crippen LogP contribution in [0.4, 0.5) is 0 Å². The first-order valence-electron chi connectivity index (χ1n) is 5.34. The molecule has 4 nitrogen and oxygen atoms in total. The van der Waals surface area contributed by atoms with E-state index in [1.54, 1.807) is 0 Å². The molecule has 2 rings (SSSR count). The van der Waals surface area contributed by atoms with Crippen LogP contribution in [0.25, 0.3) is 0 Å². The number of aliphatic hydroxyl groups excluding tert-OH is 1. The molecule has 4 heteroatoms. The predicted molar refractivity (Wildman–Crippen MR) is 49.9 cm³/mol. The Bertz CT molecular complexity index is 195. The Balaban J connectivity index is 1.78. The van der Waals surface area contributed by atoms with Crippen LogP contribution >= 0.6 is 0 Å². The van der Waals surface area contributed by atoms with Crippen LogP contribution in [0.1, 0.15) is 26.7 Å². The molecule has 2 saturated heterocycles. The molecular weight excluding hydrogens is 184 g/mol. The van der Waals surface area contributed by atoms with Crippen molar-refractivity contribution in [3.8, 4) is 0 Å². The van der Waals surface area contributed by atoms with E-state index in [1.807, 2.05) is 6.92 Å². The zero-order valence-corrected chi connectivity index (χ0v) is 8.68. The fourth-order valence-corrected chi connectivity index (χ4v) is 1.74. The molecule has 14 heavy (non-hydrogen) atoms. The third-order valence-corrected chi connectivity index (χ3v) is 2.78. The van der Waals surface area contributed by atoms with Gasteiger partial charge >= 0.3 is 0 Å². The van der Waals surface area contributed by atoms with Gasteiger partial charge in [0.2, 0.25) is 0 Å². The number of epoxide rings is 1. The van der Waals surface area contributed by atoms with Crippen LogP contribution in [0, 0.1) is 0 Å². The summed E-state index contributed by atoms with van der Waals surface area (Å²) >= 11 is 0. The predicted octanol–water partition coefficient (Wildman–Crippen LogP) is 0.676. The molecule has 0 aromatic carbocycles. The van der Waals surface area contributed by atoms with Gasteiger partial charge in [0.15, 0.2) is 6.29 Å². The highest BCUT2D eigenvalue weighted by Gasteiger charge is 2.56. The van der Waals surface area contributed by atoms with E-state index in [-0.39, 0.29) is 24.6 Å². The van der Waals surface area contributed by atoms with E-state index >= 15 is 0 Å². The second kappa shape index (κ2) is 4.14. The van der Waals surface area contributed by atoms with Gasteiger partial charge in [0, 0.05) is 6.61 Å². The van der Waals surface area contributed by atoms with Crippen molar-refractivity contribution in [2.45, 2.75) is 57.4 Å². The Morgan fingerprint density at radius 3 is 2.79 bits per heavy atom. The molecule has 0 aromatic rings. The van der Waals surface area contributed by atoms with Gasteiger partial charge in [-0.05, 0) is 13.3 Å². The topological polar surface area (TPSA) is 51.2 Å². The van der Waals surface area contributed by atoms with E-state index in [0.717, 1.165) is 12.8 Å².